The third-order valence-electron chi connectivity index (χ3n) is 12.9. The highest BCUT2D eigenvalue weighted by molar-refractivity contribution is 6.05. The van der Waals surface area contributed by atoms with Crippen molar-refractivity contribution in [2.75, 3.05) is 4.90 Å². The van der Waals surface area contributed by atoms with E-state index in [-0.39, 0.29) is 0 Å². The van der Waals surface area contributed by atoms with Gasteiger partial charge in [0.2, 0.25) is 0 Å². The second-order valence-electron chi connectivity index (χ2n) is 16.0. The van der Waals surface area contributed by atoms with Crippen LogP contribution in [-0.2, 0) is 5.41 Å². The lowest BCUT2D eigenvalue weighted by molar-refractivity contribution is 0.794. The van der Waals surface area contributed by atoms with Crippen molar-refractivity contribution in [3.63, 3.8) is 0 Å². The molecule has 0 saturated heterocycles. The van der Waals surface area contributed by atoms with Crippen LogP contribution in [0, 0.1) is 0 Å². The third kappa shape index (κ3) is 5.13. The number of hydrogen-bond acceptors (Lipinski definition) is 1. The third-order valence-corrected chi connectivity index (χ3v) is 12.9. The van der Waals surface area contributed by atoms with Gasteiger partial charge in [-0.25, -0.2) is 0 Å². The molecule has 10 aromatic rings. The Morgan fingerprint density at radius 1 is 0.283 bits per heavy atom. The summed E-state index contributed by atoms with van der Waals surface area (Å²) >= 11 is 0. The van der Waals surface area contributed by atoms with Crippen molar-refractivity contribution in [2.24, 2.45) is 0 Å². The molecule has 0 aromatic heterocycles. The highest BCUT2D eigenvalue weighted by atomic mass is 15.1. The number of fused-ring (bicyclic) bond motifs is 11. The average molecular weight is 762 g/mol. The molecule has 1 heteroatoms. The van der Waals surface area contributed by atoms with Gasteiger partial charge >= 0.3 is 0 Å². The molecule has 60 heavy (non-hydrogen) atoms. The molecule has 12 rings (SSSR count). The maximum Gasteiger partial charge on any atom is 0.0725 e. The van der Waals surface area contributed by atoms with Gasteiger partial charge in [0.1, 0.15) is 0 Å². The largest absolute Gasteiger partial charge is 0.310 e. The zero-order valence-corrected chi connectivity index (χ0v) is 33.0. The van der Waals surface area contributed by atoms with Crippen LogP contribution in [0.2, 0.25) is 0 Å². The molecule has 0 saturated carbocycles. The molecule has 0 radical (unpaired) electrons. The van der Waals surface area contributed by atoms with E-state index in [2.05, 4.69) is 241 Å². The Morgan fingerprint density at radius 2 is 0.783 bits per heavy atom. The maximum atomic E-state index is 2.48. The van der Waals surface area contributed by atoms with Gasteiger partial charge in [0.05, 0.1) is 11.1 Å². The second kappa shape index (κ2) is 13.7. The van der Waals surface area contributed by atoms with Crippen molar-refractivity contribution >= 4 is 27.8 Å². The standard InChI is InChI=1S/C59H39N/c1-3-16-40(17-4-1)41-30-34-46(35-31-41)60(57-37-33-42-18-7-8-23-48(42)58(57)43-19-5-2-6-20-43)47-22-15-21-44(38-47)45-32-36-52-51-26-11-14-29-55(51)59(56(52)39-45)53-27-12-9-24-49(53)50-25-10-13-28-54(50)59/h1-39H. The highest BCUT2D eigenvalue weighted by Gasteiger charge is 2.51. The quantitative estimate of drug-likeness (QED) is 0.163. The molecule has 2 aliphatic rings. The van der Waals surface area contributed by atoms with Crippen molar-refractivity contribution in [3.8, 4) is 55.6 Å². The number of hydrogen-bond donors (Lipinski definition) is 0. The molecular weight excluding hydrogens is 723 g/mol. The zero-order chi connectivity index (χ0) is 39.6. The molecule has 0 unspecified atom stereocenters. The van der Waals surface area contributed by atoms with Gasteiger partial charge in [0, 0.05) is 16.9 Å². The van der Waals surface area contributed by atoms with Gasteiger partial charge in [-0.15, -0.1) is 0 Å². The van der Waals surface area contributed by atoms with E-state index in [4.69, 9.17) is 0 Å². The van der Waals surface area contributed by atoms with E-state index in [1.165, 1.54) is 88.7 Å². The predicted octanol–water partition coefficient (Wildman–Crippen LogP) is 15.7. The van der Waals surface area contributed by atoms with Crippen molar-refractivity contribution in [1.29, 1.82) is 0 Å². The van der Waals surface area contributed by atoms with Crippen LogP contribution in [0.5, 0.6) is 0 Å². The van der Waals surface area contributed by atoms with Crippen LogP contribution in [0.1, 0.15) is 22.3 Å². The Labute approximate surface area is 351 Å². The van der Waals surface area contributed by atoms with E-state index < -0.39 is 5.41 Å². The normalized spacial score (nSPS) is 12.8. The van der Waals surface area contributed by atoms with E-state index in [0.29, 0.717) is 0 Å². The molecular formula is C59H39N. The monoisotopic (exact) mass is 761 g/mol. The summed E-state index contributed by atoms with van der Waals surface area (Å²) in [7, 11) is 0. The summed E-state index contributed by atoms with van der Waals surface area (Å²) in [5.74, 6) is 0. The topological polar surface area (TPSA) is 3.24 Å². The second-order valence-corrected chi connectivity index (χ2v) is 16.0. The first-order valence-corrected chi connectivity index (χ1v) is 20.8. The molecule has 1 spiro atoms. The van der Waals surface area contributed by atoms with Gasteiger partial charge < -0.3 is 4.90 Å². The first-order valence-electron chi connectivity index (χ1n) is 20.8. The Kier molecular flexibility index (Phi) is 7.83. The minimum atomic E-state index is -0.394. The molecule has 0 amide bonds. The van der Waals surface area contributed by atoms with Crippen LogP contribution in [0.15, 0.2) is 237 Å². The fourth-order valence-corrected chi connectivity index (χ4v) is 10.3. The first-order chi connectivity index (χ1) is 29.8. The van der Waals surface area contributed by atoms with E-state index in [9.17, 15) is 0 Å². The van der Waals surface area contributed by atoms with Crippen LogP contribution < -0.4 is 4.90 Å². The van der Waals surface area contributed by atoms with E-state index in [0.717, 1.165) is 17.1 Å². The van der Waals surface area contributed by atoms with E-state index in [1.807, 2.05) is 0 Å². The molecule has 2 aliphatic carbocycles. The number of anilines is 3. The van der Waals surface area contributed by atoms with E-state index in [1.54, 1.807) is 0 Å². The number of rotatable bonds is 6. The maximum absolute atomic E-state index is 2.48. The van der Waals surface area contributed by atoms with Crippen molar-refractivity contribution in [1.82, 2.24) is 0 Å². The van der Waals surface area contributed by atoms with Crippen LogP contribution in [0.25, 0.3) is 66.4 Å². The number of benzene rings is 10. The molecule has 0 heterocycles. The summed E-state index contributed by atoms with van der Waals surface area (Å²) in [6.45, 7) is 0. The summed E-state index contributed by atoms with van der Waals surface area (Å²) < 4.78 is 0. The lowest BCUT2D eigenvalue weighted by Gasteiger charge is -2.31. The summed E-state index contributed by atoms with van der Waals surface area (Å²) in [5, 5.41) is 2.44. The fourth-order valence-electron chi connectivity index (χ4n) is 10.3. The Balaban J connectivity index is 1.06. The lowest BCUT2D eigenvalue weighted by Crippen LogP contribution is -2.25. The smallest absolute Gasteiger partial charge is 0.0725 e. The minimum absolute atomic E-state index is 0.394. The van der Waals surface area contributed by atoms with Crippen molar-refractivity contribution in [3.05, 3.63) is 259 Å². The highest BCUT2D eigenvalue weighted by Crippen LogP contribution is 2.63. The molecule has 0 N–H and O–H groups in total. The van der Waals surface area contributed by atoms with Gasteiger partial charge in [0.15, 0.2) is 0 Å². The first kappa shape index (κ1) is 34.3. The van der Waals surface area contributed by atoms with Crippen LogP contribution in [-0.4, -0.2) is 0 Å². The minimum Gasteiger partial charge on any atom is -0.310 e. The molecule has 0 atom stereocenters. The van der Waals surface area contributed by atoms with Crippen molar-refractivity contribution < 1.29 is 0 Å². The predicted molar refractivity (Wildman–Crippen MR) is 251 cm³/mol. The molecule has 10 aromatic carbocycles. The van der Waals surface area contributed by atoms with Crippen LogP contribution >= 0.6 is 0 Å². The average Bonchev–Trinajstić information content (AvgIpc) is 3.79. The summed E-state index contributed by atoms with van der Waals surface area (Å²) in [6, 6.07) is 87.2. The lowest BCUT2D eigenvalue weighted by atomic mass is 9.70. The van der Waals surface area contributed by atoms with Crippen molar-refractivity contribution in [2.45, 2.75) is 5.41 Å². The Bertz CT molecular complexity index is 3190. The Hall–Kier alpha value is -7.74. The summed E-state index contributed by atoms with van der Waals surface area (Å²) in [5.41, 5.74) is 20.8. The summed E-state index contributed by atoms with van der Waals surface area (Å²) in [4.78, 5) is 2.45. The molecule has 280 valence electrons. The van der Waals surface area contributed by atoms with Gasteiger partial charge in [-0.3, -0.25) is 0 Å². The zero-order valence-electron chi connectivity index (χ0n) is 33.0. The number of nitrogens with zero attached hydrogens (tertiary/aromatic N) is 1. The van der Waals surface area contributed by atoms with Gasteiger partial charge in [-0.2, -0.15) is 0 Å². The molecule has 0 bridgehead atoms. The molecule has 0 aliphatic heterocycles. The van der Waals surface area contributed by atoms with Gasteiger partial charge in [-0.05, 0) is 119 Å². The van der Waals surface area contributed by atoms with Gasteiger partial charge in [0.25, 0.3) is 0 Å². The van der Waals surface area contributed by atoms with E-state index >= 15 is 0 Å². The SMILES string of the molecule is c1ccc(-c2ccc(N(c3cccc(-c4ccc5c(c4)C4(c6ccccc6-c6ccccc64)c4ccccc4-5)c3)c3ccc4ccccc4c3-c3ccccc3)cc2)cc1. The van der Waals surface area contributed by atoms with Gasteiger partial charge in [-0.1, -0.05) is 200 Å². The molecule has 1 nitrogen and oxygen atoms in total. The van der Waals surface area contributed by atoms with Crippen LogP contribution in [0.4, 0.5) is 17.1 Å². The Morgan fingerprint density at radius 3 is 1.45 bits per heavy atom. The molecule has 0 fully saturated rings. The summed E-state index contributed by atoms with van der Waals surface area (Å²) in [6.07, 6.45) is 0. The fraction of sp³-hybridized carbons (Fsp3) is 0.0169. The van der Waals surface area contributed by atoms with Crippen LogP contribution in [0.3, 0.4) is 0 Å².